The molecule has 1 N–H and O–H groups in total. The molecule has 0 spiro atoms. The van der Waals surface area contributed by atoms with Crippen molar-refractivity contribution in [3.63, 3.8) is 0 Å². The average Bonchev–Trinajstić information content (AvgIpc) is 3.22. The highest BCUT2D eigenvalue weighted by Crippen LogP contribution is 2.33. The van der Waals surface area contributed by atoms with E-state index in [0.29, 0.717) is 41.7 Å². The largest absolute Gasteiger partial charge is 0.490 e. The normalized spacial score (nSPS) is 10.7. The SMILES string of the molecule is CCOc1ccc(-c2nnc(NC(=O)CCCSc3ccc(Cl)cc3)o2)cc1OCC. The van der Waals surface area contributed by atoms with Crippen LogP contribution in [0.1, 0.15) is 26.7 Å². The molecule has 3 aromatic rings. The zero-order valence-corrected chi connectivity index (χ0v) is 19.0. The summed E-state index contributed by atoms with van der Waals surface area (Å²) in [5.41, 5.74) is 0.680. The summed E-state index contributed by atoms with van der Waals surface area (Å²) in [7, 11) is 0. The third-order valence-corrected chi connectivity index (χ3v) is 5.44. The summed E-state index contributed by atoms with van der Waals surface area (Å²) in [6.45, 7) is 4.85. The smallest absolute Gasteiger partial charge is 0.322 e. The molecule has 3 rings (SSSR count). The number of aromatic nitrogens is 2. The molecule has 0 unspecified atom stereocenters. The quantitative estimate of drug-likeness (QED) is 0.289. The number of amides is 1. The maximum atomic E-state index is 12.2. The van der Waals surface area contributed by atoms with Crippen molar-refractivity contribution in [2.75, 3.05) is 24.3 Å². The van der Waals surface area contributed by atoms with Gasteiger partial charge in [0.2, 0.25) is 11.8 Å². The Morgan fingerprint density at radius 1 is 1.06 bits per heavy atom. The molecule has 1 aromatic heterocycles. The van der Waals surface area contributed by atoms with Gasteiger partial charge in [-0.2, -0.15) is 0 Å². The summed E-state index contributed by atoms with van der Waals surface area (Å²) in [6.07, 6.45) is 1.08. The predicted molar refractivity (Wildman–Crippen MR) is 122 cm³/mol. The molecule has 1 heterocycles. The van der Waals surface area contributed by atoms with E-state index in [4.69, 9.17) is 25.5 Å². The first kappa shape index (κ1) is 23.0. The van der Waals surface area contributed by atoms with E-state index in [1.54, 1.807) is 30.0 Å². The number of anilines is 1. The number of ether oxygens (including phenoxy) is 2. The Morgan fingerprint density at radius 2 is 1.81 bits per heavy atom. The fourth-order valence-electron chi connectivity index (χ4n) is 2.71. The number of hydrogen-bond donors (Lipinski definition) is 1. The minimum absolute atomic E-state index is 0.0669. The Bertz CT molecular complexity index is 995. The zero-order chi connectivity index (χ0) is 22.1. The van der Waals surface area contributed by atoms with Crippen molar-refractivity contribution < 1.29 is 18.7 Å². The van der Waals surface area contributed by atoms with Crippen LogP contribution in [0.5, 0.6) is 11.5 Å². The fraction of sp³-hybridized carbons (Fsp3) is 0.318. The lowest BCUT2D eigenvalue weighted by molar-refractivity contribution is -0.116. The van der Waals surface area contributed by atoms with Crippen LogP contribution in [0.2, 0.25) is 5.02 Å². The van der Waals surface area contributed by atoms with E-state index in [-0.39, 0.29) is 17.8 Å². The Morgan fingerprint density at radius 3 is 2.55 bits per heavy atom. The molecule has 0 aliphatic carbocycles. The number of nitrogens with zero attached hydrogens (tertiary/aromatic N) is 2. The van der Waals surface area contributed by atoms with E-state index in [9.17, 15) is 4.79 Å². The number of carbonyl (C=O) groups excluding carboxylic acids is 1. The molecule has 0 atom stereocenters. The molecular weight excluding hydrogens is 438 g/mol. The van der Waals surface area contributed by atoms with E-state index in [1.165, 1.54) is 0 Å². The van der Waals surface area contributed by atoms with Crippen LogP contribution in [0.3, 0.4) is 0 Å². The van der Waals surface area contributed by atoms with Crippen LogP contribution in [-0.2, 0) is 4.79 Å². The standard InChI is InChI=1S/C22H24ClN3O4S/c1-3-28-18-12-7-15(14-19(18)29-4-2)21-25-26-22(30-21)24-20(27)6-5-13-31-17-10-8-16(23)9-11-17/h7-12,14H,3-6,13H2,1-2H3,(H,24,26,27). The van der Waals surface area contributed by atoms with Crippen molar-refractivity contribution in [2.45, 2.75) is 31.6 Å². The van der Waals surface area contributed by atoms with Gasteiger partial charge in [-0.1, -0.05) is 16.7 Å². The molecule has 7 nitrogen and oxygen atoms in total. The van der Waals surface area contributed by atoms with Gasteiger partial charge in [-0.15, -0.1) is 16.9 Å². The highest BCUT2D eigenvalue weighted by atomic mass is 35.5. The van der Waals surface area contributed by atoms with E-state index < -0.39 is 0 Å². The van der Waals surface area contributed by atoms with Gasteiger partial charge in [-0.05, 0) is 68.5 Å². The highest BCUT2D eigenvalue weighted by Gasteiger charge is 2.14. The summed E-state index contributed by atoms with van der Waals surface area (Å²) in [6, 6.07) is 13.1. The van der Waals surface area contributed by atoms with Crippen molar-refractivity contribution >= 4 is 35.3 Å². The molecule has 0 saturated carbocycles. The third-order valence-electron chi connectivity index (χ3n) is 4.09. The van der Waals surface area contributed by atoms with Gasteiger partial charge in [-0.3, -0.25) is 10.1 Å². The predicted octanol–water partition coefficient (Wildman–Crippen LogP) is 5.70. The van der Waals surface area contributed by atoms with Crippen molar-refractivity contribution in [2.24, 2.45) is 0 Å². The van der Waals surface area contributed by atoms with Crippen LogP contribution in [0, 0.1) is 0 Å². The van der Waals surface area contributed by atoms with Crippen LogP contribution in [0.25, 0.3) is 11.5 Å². The van der Waals surface area contributed by atoms with Crippen molar-refractivity contribution in [3.05, 3.63) is 47.5 Å². The molecule has 0 aliphatic rings. The molecule has 0 aliphatic heterocycles. The maximum absolute atomic E-state index is 12.2. The van der Waals surface area contributed by atoms with Crippen LogP contribution in [0.15, 0.2) is 51.8 Å². The lowest BCUT2D eigenvalue weighted by Crippen LogP contribution is -2.11. The molecule has 0 bridgehead atoms. The van der Waals surface area contributed by atoms with Gasteiger partial charge >= 0.3 is 6.01 Å². The minimum Gasteiger partial charge on any atom is -0.490 e. The van der Waals surface area contributed by atoms with Crippen LogP contribution in [0.4, 0.5) is 6.01 Å². The van der Waals surface area contributed by atoms with Gasteiger partial charge in [-0.25, -0.2) is 0 Å². The van der Waals surface area contributed by atoms with Gasteiger partial charge < -0.3 is 13.9 Å². The zero-order valence-electron chi connectivity index (χ0n) is 17.4. The second kappa shape index (κ2) is 11.6. The molecule has 0 radical (unpaired) electrons. The van der Waals surface area contributed by atoms with Crippen LogP contribution >= 0.6 is 23.4 Å². The Hall–Kier alpha value is -2.71. The van der Waals surface area contributed by atoms with Crippen LogP contribution < -0.4 is 14.8 Å². The second-order valence-corrected chi connectivity index (χ2v) is 8.00. The monoisotopic (exact) mass is 461 g/mol. The number of carbonyl (C=O) groups is 1. The first-order chi connectivity index (χ1) is 15.1. The number of thioether (sulfide) groups is 1. The Labute approximate surface area is 190 Å². The Kier molecular flexibility index (Phi) is 8.61. The van der Waals surface area contributed by atoms with E-state index >= 15 is 0 Å². The average molecular weight is 462 g/mol. The van der Waals surface area contributed by atoms with Crippen molar-refractivity contribution in [1.82, 2.24) is 10.2 Å². The van der Waals surface area contributed by atoms with Crippen molar-refractivity contribution in [1.29, 1.82) is 0 Å². The summed E-state index contributed by atoms with van der Waals surface area (Å²) in [5, 5.41) is 11.3. The van der Waals surface area contributed by atoms with E-state index in [1.807, 2.05) is 38.1 Å². The topological polar surface area (TPSA) is 86.5 Å². The van der Waals surface area contributed by atoms with Gasteiger partial charge in [0.25, 0.3) is 0 Å². The molecule has 164 valence electrons. The summed E-state index contributed by atoms with van der Waals surface area (Å²) < 4.78 is 16.8. The fourth-order valence-corrected chi connectivity index (χ4v) is 3.69. The summed E-state index contributed by atoms with van der Waals surface area (Å²) in [5.74, 6) is 2.18. The molecule has 31 heavy (non-hydrogen) atoms. The molecule has 2 aromatic carbocycles. The molecule has 1 amide bonds. The van der Waals surface area contributed by atoms with E-state index in [2.05, 4.69) is 15.5 Å². The maximum Gasteiger partial charge on any atom is 0.322 e. The molecule has 0 saturated heterocycles. The number of halogens is 1. The first-order valence-corrected chi connectivity index (χ1v) is 11.4. The second-order valence-electron chi connectivity index (χ2n) is 6.39. The first-order valence-electron chi connectivity index (χ1n) is 10.0. The van der Waals surface area contributed by atoms with Gasteiger partial charge in [0, 0.05) is 21.9 Å². The van der Waals surface area contributed by atoms with Crippen molar-refractivity contribution in [3.8, 4) is 23.0 Å². The highest BCUT2D eigenvalue weighted by molar-refractivity contribution is 7.99. The summed E-state index contributed by atoms with van der Waals surface area (Å²) in [4.78, 5) is 13.3. The number of hydrogen-bond acceptors (Lipinski definition) is 7. The molecule has 9 heteroatoms. The number of benzene rings is 2. The number of nitrogens with one attached hydrogen (secondary N) is 1. The lowest BCUT2D eigenvalue weighted by Gasteiger charge is -2.11. The van der Waals surface area contributed by atoms with Gasteiger partial charge in [0.1, 0.15) is 0 Å². The third kappa shape index (κ3) is 6.90. The van der Waals surface area contributed by atoms with Crippen LogP contribution in [-0.4, -0.2) is 35.1 Å². The van der Waals surface area contributed by atoms with Gasteiger partial charge in [0.15, 0.2) is 11.5 Å². The summed E-state index contributed by atoms with van der Waals surface area (Å²) >= 11 is 7.56. The Balaban J connectivity index is 1.51. The molecular formula is C22H24ClN3O4S. The lowest BCUT2D eigenvalue weighted by atomic mass is 10.2. The minimum atomic E-state index is -0.173. The molecule has 0 fully saturated rings. The number of rotatable bonds is 11. The van der Waals surface area contributed by atoms with E-state index in [0.717, 1.165) is 17.1 Å². The van der Waals surface area contributed by atoms with Gasteiger partial charge in [0.05, 0.1) is 13.2 Å².